The van der Waals surface area contributed by atoms with Crippen molar-refractivity contribution >= 4 is 22.6 Å². The molecule has 0 fully saturated rings. The number of aryl methyl sites for hydroxylation is 1. The highest BCUT2D eigenvalue weighted by molar-refractivity contribution is 5.90. The lowest BCUT2D eigenvalue weighted by Crippen LogP contribution is -2.14. The Bertz CT molecular complexity index is 1260. The van der Waals surface area contributed by atoms with E-state index in [0.29, 0.717) is 29.9 Å². The van der Waals surface area contributed by atoms with Crippen LogP contribution in [0.2, 0.25) is 0 Å². The third kappa shape index (κ3) is 5.32. The molecule has 0 aliphatic heterocycles. The number of anilines is 1. The maximum atomic E-state index is 12.2. The van der Waals surface area contributed by atoms with E-state index in [4.69, 9.17) is 9.47 Å². The Kier molecular flexibility index (Phi) is 7.34. The SMILES string of the molecule is CCOCCOC(=O)c1ccc(NC(c2cccnc2)c2ccc3ccc(C)nc3c2O)cc1. The third-order valence-electron chi connectivity index (χ3n) is 5.43. The van der Waals surface area contributed by atoms with Gasteiger partial charge in [-0.1, -0.05) is 24.3 Å². The number of hydrogen-bond acceptors (Lipinski definition) is 7. The molecule has 0 radical (unpaired) electrons. The first kappa shape index (κ1) is 23.2. The lowest BCUT2D eigenvalue weighted by Gasteiger charge is -2.22. The van der Waals surface area contributed by atoms with Crippen molar-refractivity contribution in [3.05, 3.63) is 95.4 Å². The molecule has 0 spiro atoms. The summed E-state index contributed by atoms with van der Waals surface area (Å²) < 4.78 is 10.4. The van der Waals surface area contributed by atoms with Gasteiger partial charge in [0.15, 0.2) is 0 Å². The third-order valence-corrected chi connectivity index (χ3v) is 5.43. The Morgan fingerprint density at radius 1 is 1.06 bits per heavy atom. The largest absolute Gasteiger partial charge is 0.505 e. The van der Waals surface area contributed by atoms with E-state index in [1.165, 1.54) is 0 Å². The molecule has 1 unspecified atom stereocenters. The molecule has 2 N–H and O–H groups in total. The Morgan fingerprint density at radius 2 is 1.85 bits per heavy atom. The summed E-state index contributed by atoms with van der Waals surface area (Å²) in [5, 5.41) is 15.4. The van der Waals surface area contributed by atoms with Crippen molar-refractivity contribution in [3.63, 3.8) is 0 Å². The van der Waals surface area contributed by atoms with Crippen LogP contribution in [0.15, 0.2) is 73.1 Å². The molecule has 0 bridgehead atoms. The zero-order valence-electron chi connectivity index (χ0n) is 19.2. The van der Waals surface area contributed by atoms with Crippen LogP contribution in [0.3, 0.4) is 0 Å². The molecule has 0 aliphatic carbocycles. The number of phenolic OH excluding ortho intramolecular Hbond substituents is 1. The van der Waals surface area contributed by atoms with Crippen LogP contribution in [0.25, 0.3) is 10.9 Å². The van der Waals surface area contributed by atoms with Gasteiger partial charge in [0.05, 0.1) is 18.2 Å². The van der Waals surface area contributed by atoms with E-state index in [1.54, 1.807) is 24.5 Å². The number of pyridine rings is 2. The number of rotatable bonds is 9. The van der Waals surface area contributed by atoms with Gasteiger partial charge in [0.1, 0.15) is 17.9 Å². The molecule has 0 saturated carbocycles. The summed E-state index contributed by atoms with van der Waals surface area (Å²) in [6.45, 7) is 4.95. The fourth-order valence-corrected chi connectivity index (χ4v) is 3.70. The predicted molar refractivity (Wildman–Crippen MR) is 131 cm³/mol. The first-order chi connectivity index (χ1) is 16.6. The van der Waals surface area contributed by atoms with E-state index in [2.05, 4.69) is 15.3 Å². The number of aromatic nitrogens is 2. The van der Waals surface area contributed by atoms with Gasteiger partial charge in [-0.3, -0.25) is 4.98 Å². The number of phenols is 1. The van der Waals surface area contributed by atoms with Gasteiger partial charge in [0, 0.05) is 41.3 Å². The Morgan fingerprint density at radius 3 is 2.59 bits per heavy atom. The van der Waals surface area contributed by atoms with Gasteiger partial charge in [0.2, 0.25) is 0 Å². The van der Waals surface area contributed by atoms with Crippen LogP contribution in [0, 0.1) is 6.92 Å². The second kappa shape index (κ2) is 10.8. The quantitative estimate of drug-likeness (QED) is 0.269. The summed E-state index contributed by atoms with van der Waals surface area (Å²) in [6, 6.07) is 18.1. The highest BCUT2D eigenvalue weighted by Gasteiger charge is 2.20. The van der Waals surface area contributed by atoms with Gasteiger partial charge in [-0.05, 0) is 55.8 Å². The number of nitrogens with zero attached hydrogens (tertiary/aromatic N) is 2. The zero-order valence-corrected chi connectivity index (χ0v) is 19.2. The van der Waals surface area contributed by atoms with Gasteiger partial charge < -0.3 is 19.9 Å². The number of ether oxygens (including phenoxy) is 2. The van der Waals surface area contributed by atoms with Crippen LogP contribution in [-0.2, 0) is 9.47 Å². The molecular weight excluding hydrogens is 430 g/mol. The number of hydrogen-bond donors (Lipinski definition) is 2. The van der Waals surface area contributed by atoms with Crippen molar-refractivity contribution in [3.8, 4) is 5.75 Å². The molecule has 0 aliphatic rings. The average molecular weight is 458 g/mol. The summed E-state index contributed by atoms with van der Waals surface area (Å²) in [5.41, 5.74) is 4.17. The van der Waals surface area contributed by atoms with Gasteiger partial charge in [0.25, 0.3) is 0 Å². The molecule has 1 atom stereocenters. The highest BCUT2D eigenvalue weighted by atomic mass is 16.6. The fourth-order valence-electron chi connectivity index (χ4n) is 3.70. The van der Waals surface area contributed by atoms with E-state index in [9.17, 15) is 9.90 Å². The maximum Gasteiger partial charge on any atom is 0.338 e. The normalized spacial score (nSPS) is 11.8. The number of fused-ring (bicyclic) bond motifs is 1. The molecule has 4 aromatic rings. The van der Waals surface area contributed by atoms with E-state index >= 15 is 0 Å². The van der Waals surface area contributed by atoms with E-state index in [0.717, 1.165) is 22.3 Å². The first-order valence-corrected chi connectivity index (χ1v) is 11.2. The Hall–Kier alpha value is -3.97. The minimum atomic E-state index is -0.399. The smallest absolute Gasteiger partial charge is 0.338 e. The molecule has 34 heavy (non-hydrogen) atoms. The minimum absolute atomic E-state index is 0.122. The van der Waals surface area contributed by atoms with Crippen molar-refractivity contribution in [2.24, 2.45) is 0 Å². The molecule has 0 amide bonds. The number of aromatic hydroxyl groups is 1. The summed E-state index contributed by atoms with van der Waals surface area (Å²) >= 11 is 0. The van der Waals surface area contributed by atoms with E-state index < -0.39 is 5.97 Å². The molecule has 2 aromatic carbocycles. The zero-order chi connectivity index (χ0) is 23.9. The van der Waals surface area contributed by atoms with E-state index in [-0.39, 0.29) is 18.4 Å². The first-order valence-electron chi connectivity index (χ1n) is 11.2. The number of benzene rings is 2. The van der Waals surface area contributed by atoms with Gasteiger partial charge in [-0.15, -0.1) is 0 Å². The second-order valence-electron chi connectivity index (χ2n) is 7.80. The Balaban J connectivity index is 1.61. The number of carbonyl (C=O) groups excluding carboxylic acids is 1. The van der Waals surface area contributed by atoms with Crippen molar-refractivity contribution in [1.29, 1.82) is 0 Å². The summed E-state index contributed by atoms with van der Waals surface area (Å²) in [7, 11) is 0. The minimum Gasteiger partial charge on any atom is -0.505 e. The second-order valence-corrected chi connectivity index (χ2v) is 7.80. The number of esters is 1. The maximum absolute atomic E-state index is 12.2. The van der Waals surface area contributed by atoms with Crippen molar-refractivity contribution in [2.45, 2.75) is 19.9 Å². The number of nitrogens with one attached hydrogen (secondary N) is 1. The standard InChI is InChI=1S/C27H27N3O4/c1-3-33-15-16-34-27(32)20-8-11-22(12-9-20)30-24(21-5-4-14-28-17-21)23-13-10-19-7-6-18(2)29-25(19)26(23)31/h4-14,17,24,30-31H,3,15-16H2,1-2H3. The van der Waals surface area contributed by atoms with Crippen LogP contribution < -0.4 is 5.32 Å². The summed E-state index contributed by atoms with van der Waals surface area (Å²) in [4.78, 5) is 21.0. The Labute approximate surface area is 198 Å². The predicted octanol–water partition coefficient (Wildman–Crippen LogP) is 5.04. The monoisotopic (exact) mass is 457 g/mol. The molecule has 7 heteroatoms. The molecule has 2 heterocycles. The molecule has 0 saturated heterocycles. The van der Waals surface area contributed by atoms with Crippen molar-refractivity contribution in [2.75, 3.05) is 25.1 Å². The summed E-state index contributed by atoms with van der Waals surface area (Å²) in [6.07, 6.45) is 3.47. The summed E-state index contributed by atoms with van der Waals surface area (Å²) in [5.74, 6) is -0.277. The molecule has 7 nitrogen and oxygen atoms in total. The van der Waals surface area contributed by atoms with Crippen molar-refractivity contribution < 1.29 is 19.4 Å². The molecule has 4 rings (SSSR count). The van der Waals surface area contributed by atoms with Gasteiger partial charge >= 0.3 is 5.97 Å². The molecule has 174 valence electrons. The van der Waals surface area contributed by atoms with E-state index in [1.807, 2.05) is 62.4 Å². The lowest BCUT2D eigenvalue weighted by molar-refractivity contribution is 0.0335. The molecule has 2 aromatic heterocycles. The topological polar surface area (TPSA) is 93.6 Å². The lowest BCUT2D eigenvalue weighted by atomic mass is 9.97. The van der Waals surface area contributed by atoms with Gasteiger partial charge in [-0.25, -0.2) is 9.78 Å². The average Bonchev–Trinajstić information content (AvgIpc) is 2.87. The van der Waals surface area contributed by atoms with Crippen LogP contribution in [0.5, 0.6) is 5.75 Å². The van der Waals surface area contributed by atoms with Crippen LogP contribution >= 0.6 is 0 Å². The van der Waals surface area contributed by atoms with Crippen LogP contribution in [0.4, 0.5) is 5.69 Å². The fraction of sp³-hybridized carbons (Fsp3) is 0.222. The molecular formula is C27H27N3O4. The van der Waals surface area contributed by atoms with Gasteiger partial charge in [-0.2, -0.15) is 0 Å². The highest BCUT2D eigenvalue weighted by Crippen LogP contribution is 2.36. The van der Waals surface area contributed by atoms with Crippen LogP contribution in [0.1, 0.15) is 40.1 Å². The number of carbonyl (C=O) groups is 1. The van der Waals surface area contributed by atoms with Crippen LogP contribution in [-0.4, -0.2) is 40.9 Å². The van der Waals surface area contributed by atoms with Crippen molar-refractivity contribution in [1.82, 2.24) is 9.97 Å².